The van der Waals surface area contributed by atoms with E-state index in [0.717, 1.165) is 18.8 Å². The molecule has 0 saturated carbocycles. The molecule has 9 atom stereocenters. The summed E-state index contributed by atoms with van der Waals surface area (Å²) in [4.78, 5) is 5.90. The van der Waals surface area contributed by atoms with Gasteiger partial charge in [-0.1, -0.05) is 121 Å². The van der Waals surface area contributed by atoms with Gasteiger partial charge in [-0.25, -0.2) is 0 Å². The maximum Gasteiger partial charge on any atom is 0.0635 e. The number of rotatable bonds is 3. The van der Waals surface area contributed by atoms with Crippen LogP contribution in [0.4, 0.5) is 11.4 Å². The second-order valence-corrected chi connectivity index (χ2v) is 18.8. The molecule has 3 heterocycles. The Bertz CT molecular complexity index is 2120. The third kappa shape index (κ3) is 4.77. The zero-order chi connectivity index (χ0) is 34.2. The van der Waals surface area contributed by atoms with Crippen molar-refractivity contribution in [2.45, 2.75) is 73.8 Å². The zero-order valence-electron chi connectivity index (χ0n) is 29.8. The van der Waals surface area contributed by atoms with Crippen LogP contribution in [0.1, 0.15) is 62.8 Å². The van der Waals surface area contributed by atoms with Gasteiger partial charge in [-0.2, -0.15) is 0 Å². The maximum atomic E-state index is 2.70. The lowest BCUT2D eigenvalue weighted by molar-refractivity contribution is 0.209. The van der Waals surface area contributed by atoms with Crippen molar-refractivity contribution < 1.29 is 0 Å². The summed E-state index contributed by atoms with van der Waals surface area (Å²) in [6.07, 6.45) is 45.8. The van der Waals surface area contributed by atoms with Gasteiger partial charge in [0.05, 0.1) is 6.04 Å². The van der Waals surface area contributed by atoms with E-state index in [0.29, 0.717) is 34.2 Å². The first-order valence-electron chi connectivity index (χ1n) is 20.0. The predicted octanol–water partition coefficient (Wildman–Crippen LogP) is 12.9. The fraction of sp³-hybridized carbons (Fsp3) is 0.347. The number of allylic oxidation sites excluding steroid dienone is 16. The summed E-state index contributed by atoms with van der Waals surface area (Å²) in [7, 11) is 0. The van der Waals surface area contributed by atoms with E-state index in [-0.39, 0.29) is 11.5 Å². The van der Waals surface area contributed by atoms with Crippen LogP contribution in [0.5, 0.6) is 0 Å². The van der Waals surface area contributed by atoms with Crippen LogP contribution in [0.25, 0.3) is 0 Å². The van der Waals surface area contributed by atoms with Gasteiger partial charge in [0, 0.05) is 49.9 Å². The summed E-state index contributed by atoms with van der Waals surface area (Å²) in [6, 6.07) is 20.4. The molecule has 3 heteroatoms. The molecular weight excluding hydrogens is 667 g/mol. The van der Waals surface area contributed by atoms with Crippen LogP contribution in [0.2, 0.25) is 0 Å². The van der Waals surface area contributed by atoms with Crippen LogP contribution in [0.15, 0.2) is 172 Å². The fourth-order valence-electron chi connectivity index (χ4n) is 11.6. The van der Waals surface area contributed by atoms with E-state index < -0.39 is 0 Å². The summed E-state index contributed by atoms with van der Waals surface area (Å²) >= 11 is 4.45. The molecule has 11 rings (SSSR count). The van der Waals surface area contributed by atoms with Crippen molar-refractivity contribution in [3.63, 3.8) is 0 Å². The molecule has 2 aromatic carbocycles. The number of hydrogen-bond acceptors (Lipinski definition) is 3. The summed E-state index contributed by atoms with van der Waals surface area (Å²) in [5.74, 6) is 2.63. The molecule has 0 radical (unpaired) electrons. The van der Waals surface area contributed by atoms with Gasteiger partial charge < -0.3 is 4.90 Å². The predicted molar refractivity (Wildman–Crippen MR) is 223 cm³/mol. The highest BCUT2D eigenvalue weighted by molar-refractivity contribution is 8.04. The molecule has 1 spiro atoms. The molecule has 0 bridgehead atoms. The lowest BCUT2D eigenvalue weighted by Gasteiger charge is -2.61. The van der Waals surface area contributed by atoms with Gasteiger partial charge >= 0.3 is 0 Å². The number of fused-ring (bicyclic) bond motifs is 10. The van der Waals surface area contributed by atoms with E-state index in [1.165, 1.54) is 61.0 Å². The van der Waals surface area contributed by atoms with Crippen LogP contribution in [-0.4, -0.2) is 16.5 Å². The molecular formula is C49H47NS2. The number of nitrogens with zero attached hydrogens (tertiary/aromatic N) is 1. The minimum Gasteiger partial charge on any atom is -0.333 e. The average Bonchev–Trinajstić information content (AvgIpc) is 3.54. The van der Waals surface area contributed by atoms with Gasteiger partial charge in [0.15, 0.2) is 0 Å². The average molecular weight is 714 g/mol. The molecule has 6 aliphatic carbocycles. The van der Waals surface area contributed by atoms with Crippen molar-refractivity contribution in [2.24, 2.45) is 29.1 Å². The van der Waals surface area contributed by atoms with Gasteiger partial charge in [0.2, 0.25) is 0 Å². The molecule has 1 fully saturated rings. The summed E-state index contributed by atoms with van der Waals surface area (Å²) in [5.41, 5.74) is 10.3. The number of para-hydroxylation sites is 2. The van der Waals surface area contributed by atoms with Crippen molar-refractivity contribution in [3.8, 4) is 0 Å². The Morgan fingerprint density at radius 2 is 1.65 bits per heavy atom. The number of thioether (sulfide) groups is 2. The van der Waals surface area contributed by atoms with E-state index in [2.05, 4.69) is 168 Å². The molecule has 0 N–H and O–H groups in total. The Morgan fingerprint density at radius 3 is 2.58 bits per heavy atom. The third-order valence-corrected chi connectivity index (χ3v) is 16.6. The van der Waals surface area contributed by atoms with Crippen molar-refractivity contribution in [1.29, 1.82) is 0 Å². The van der Waals surface area contributed by atoms with Crippen molar-refractivity contribution in [1.82, 2.24) is 0 Å². The Kier molecular flexibility index (Phi) is 7.80. The lowest BCUT2D eigenvalue weighted by Crippen LogP contribution is -2.54. The molecule has 9 aliphatic rings. The Labute approximate surface area is 318 Å². The van der Waals surface area contributed by atoms with Crippen LogP contribution >= 0.6 is 23.5 Å². The maximum absolute atomic E-state index is 2.70. The SMILES string of the molecule is C1=CC2SC3=CCCC=C3C3(C4=C(CC(C5CC=CCC5)C=C4)SC4CCC=CC43)C2C(C2=CC3C(C=C2)c2ccccc2N3c2ccccc2)=C1. The first kappa shape index (κ1) is 31.8. The largest absolute Gasteiger partial charge is 0.333 e. The summed E-state index contributed by atoms with van der Waals surface area (Å²) in [6.45, 7) is 0. The van der Waals surface area contributed by atoms with Gasteiger partial charge in [-0.3, -0.25) is 0 Å². The van der Waals surface area contributed by atoms with E-state index in [1.807, 2.05) is 0 Å². The molecule has 0 amide bonds. The van der Waals surface area contributed by atoms with E-state index in [4.69, 9.17) is 0 Å². The smallest absolute Gasteiger partial charge is 0.0635 e. The Morgan fingerprint density at radius 1 is 0.769 bits per heavy atom. The summed E-state index contributed by atoms with van der Waals surface area (Å²) in [5, 5.41) is 1.03. The Hall–Kier alpha value is -3.66. The highest BCUT2D eigenvalue weighted by atomic mass is 32.2. The monoisotopic (exact) mass is 713 g/mol. The topological polar surface area (TPSA) is 3.24 Å². The van der Waals surface area contributed by atoms with Crippen LogP contribution in [-0.2, 0) is 0 Å². The van der Waals surface area contributed by atoms with Gasteiger partial charge in [0.25, 0.3) is 0 Å². The molecule has 260 valence electrons. The van der Waals surface area contributed by atoms with E-state index in [9.17, 15) is 0 Å². The van der Waals surface area contributed by atoms with E-state index >= 15 is 0 Å². The normalized spacial score (nSPS) is 36.5. The lowest BCUT2D eigenvalue weighted by atomic mass is 9.50. The first-order chi connectivity index (χ1) is 25.8. The standard InChI is InChI=1S/C49H47NS2/c1-3-14-32(15-4-1)33-27-29-41-47(31-33)52-45-24-12-9-21-40(45)49(41)39-20-8-11-23-44(39)51-46-25-13-19-36(48(46)49)34-26-28-38-37-18-7-10-22-42(37)50(43(38)30-34)35-16-5-2-6-17-35/h1-3,5-7,9-10,13,16-23,25-30,32-33,38,40,43,45-46,48H,4,8,11-12,14-15,24,31H2. The van der Waals surface area contributed by atoms with Crippen molar-refractivity contribution >= 4 is 34.9 Å². The van der Waals surface area contributed by atoms with Crippen molar-refractivity contribution in [3.05, 3.63) is 177 Å². The Balaban J connectivity index is 1.08. The molecule has 1 saturated heterocycles. The second kappa shape index (κ2) is 12.7. The van der Waals surface area contributed by atoms with E-state index in [1.54, 1.807) is 26.5 Å². The van der Waals surface area contributed by atoms with Gasteiger partial charge in [-0.05, 0) is 114 Å². The van der Waals surface area contributed by atoms with Gasteiger partial charge in [-0.15, -0.1) is 23.5 Å². The minimum absolute atomic E-state index is 0.0713. The molecule has 9 unspecified atom stereocenters. The summed E-state index contributed by atoms with van der Waals surface area (Å²) < 4.78 is 0. The molecule has 3 aliphatic heterocycles. The van der Waals surface area contributed by atoms with Crippen molar-refractivity contribution in [2.75, 3.05) is 4.90 Å². The molecule has 52 heavy (non-hydrogen) atoms. The molecule has 0 aromatic heterocycles. The van der Waals surface area contributed by atoms with Crippen LogP contribution < -0.4 is 4.90 Å². The first-order valence-corrected chi connectivity index (χ1v) is 21.7. The highest BCUT2D eigenvalue weighted by Crippen LogP contribution is 2.71. The quantitative estimate of drug-likeness (QED) is 0.292. The molecule has 1 nitrogen and oxygen atoms in total. The fourth-order valence-corrected chi connectivity index (χ4v) is 14.9. The number of benzene rings is 2. The second-order valence-electron chi connectivity index (χ2n) is 16.3. The molecule has 2 aromatic rings. The van der Waals surface area contributed by atoms with Crippen LogP contribution in [0, 0.1) is 29.1 Å². The minimum atomic E-state index is -0.0713. The van der Waals surface area contributed by atoms with Crippen LogP contribution in [0.3, 0.4) is 0 Å². The van der Waals surface area contributed by atoms with Gasteiger partial charge in [0.1, 0.15) is 0 Å². The number of hydrogen-bond donors (Lipinski definition) is 0. The number of anilines is 2. The highest BCUT2D eigenvalue weighted by Gasteiger charge is 2.62. The third-order valence-electron chi connectivity index (χ3n) is 13.7. The zero-order valence-corrected chi connectivity index (χ0v) is 31.5.